The van der Waals surface area contributed by atoms with Crippen LogP contribution in [0.25, 0.3) is 0 Å². The lowest BCUT2D eigenvalue weighted by Gasteiger charge is -2.32. The Kier molecular flexibility index (Phi) is 6.75. The van der Waals surface area contributed by atoms with Crippen LogP contribution >= 0.6 is 0 Å². The fourth-order valence-corrected chi connectivity index (χ4v) is 2.27. The summed E-state index contributed by atoms with van der Waals surface area (Å²) in [4.78, 5) is 12.4. The molecule has 0 heterocycles. The van der Waals surface area contributed by atoms with Crippen LogP contribution in [0.1, 0.15) is 26.7 Å². The summed E-state index contributed by atoms with van der Waals surface area (Å²) < 4.78 is 30.6. The van der Waals surface area contributed by atoms with Crippen LogP contribution in [0.15, 0.2) is 24.3 Å². The Morgan fingerprint density at radius 2 is 1.90 bits per heavy atom. The van der Waals surface area contributed by atoms with Crippen molar-refractivity contribution in [2.75, 3.05) is 25.7 Å². The fourth-order valence-electron chi connectivity index (χ4n) is 2.27. The quantitative estimate of drug-likeness (QED) is 0.793. The summed E-state index contributed by atoms with van der Waals surface area (Å²) in [7, 11) is 1.58. The second kappa shape index (κ2) is 8.08. The van der Waals surface area contributed by atoms with Crippen LogP contribution < -0.4 is 5.32 Å². The van der Waals surface area contributed by atoms with Crippen molar-refractivity contribution in [3.63, 3.8) is 0 Å². The normalized spacial score (nSPS) is 13.0. The molecule has 3 nitrogen and oxygen atoms in total. The summed E-state index contributed by atoms with van der Waals surface area (Å²) in [5.41, 5.74) is -0.209. The molecule has 1 aromatic rings. The molecule has 1 N–H and O–H groups in total. The van der Waals surface area contributed by atoms with Crippen molar-refractivity contribution in [1.29, 1.82) is 0 Å². The average Bonchev–Trinajstić information content (AvgIpc) is 2.45. The first-order valence-corrected chi connectivity index (χ1v) is 7.03. The van der Waals surface area contributed by atoms with Gasteiger partial charge in [0, 0.05) is 24.8 Å². The van der Waals surface area contributed by atoms with Gasteiger partial charge in [0.2, 0.25) is 5.91 Å². The molecule has 21 heavy (non-hydrogen) atoms. The highest BCUT2D eigenvalue weighted by Crippen LogP contribution is 2.33. The topological polar surface area (TPSA) is 38.3 Å². The van der Waals surface area contributed by atoms with Crippen molar-refractivity contribution >= 4 is 11.6 Å². The molecule has 0 aromatic heterocycles. The minimum Gasteiger partial charge on any atom is -0.385 e. The molecular weight excluding hydrogens is 276 g/mol. The molecule has 5 heteroatoms. The average molecular weight is 299 g/mol. The Hall–Kier alpha value is -1.49. The van der Waals surface area contributed by atoms with Crippen LogP contribution in [-0.2, 0) is 9.53 Å². The fraction of sp³-hybridized carbons (Fsp3) is 0.562. The van der Waals surface area contributed by atoms with Crippen LogP contribution in [-0.4, -0.2) is 26.3 Å². The van der Waals surface area contributed by atoms with E-state index in [-0.39, 0.29) is 17.6 Å². The Labute approximate surface area is 124 Å². The summed E-state index contributed by atoms with van der Waals surface area (Å²) in [6.07, 6.45) is 0.928. The number of ether oxygens (including phenoxy) is 1. The zero-order valence-corrected chi connectivity index (χ0v) is 12.8. The Bertz CT molecular complexity index is 446. The molecule has 1 amide bonds. The van der Waals surface area contributed by atoms with Crippen LogP contribution in [0.2, 0.25) is 0 Å². The number of amides is 1. The monoisotopic (exact) mass is 299 g/mol. The van der Waals surface area contributed by atoms with Gasteiger partial charge in [-0.15, -0.1) is 0 Å². The first kappa shape index (κ1) is 17.6. The van der Waals surface area contributed by atoms with Crippen molar-refractivity contribution in [2.45, 2.75) is 26.7 Å². The highest BCUT2D eigenvalue weighted by atomic mass is 19.1. The Morgan fingerprint density at radius 1 is 1.29 bits per heavy atom. The lowest BCUT2D eigenvalue weighted by atomic mass is 9.74. The number of rotatable bonds is 8. The maximum atomic E-state index is 12.9. The van der Waals surface area contributed by atoms with Crippen LogP contribution in [0.5, 0.6) is 0 Å². The molecule has 0 bridgehead atoms. The van der Waals surface area contributed by atoms with Gasteiger partial charge in [-0.2, -0.15) is 0 Å². The number of halogens is 2. The van der Waals surface area contributed by atoms with Crippen LogP contribution in [0, 0.1) is 17.2 Å². The molecule has 0 aliphatic carbocycles. The van der Waals surface area contributed by atoms with Gasteiger partial charge in [0.25, 0.3) is 0 Å². The summed E-state index contributed by atoms with van der Waals surface area (Å²) in [6.45, 7) is 3.60. The molecule has 0 radical (unpaired) electrons. The van der Waals surface area contributed by atoms with E-state index in [1.54, 1.807) is 21.0 Å². The number of methoxy groups -OCH3 is 1. The van der Waals surface area contributed by atoms with Crippen molar-refractivity contribution in [2.24, 2.45) is 11.3 Å². The van der Waals surface area contributed by atoms with E-state index in [9.17, 15) is 13.6 Å². The number of nitrogens with one attached hydrogen (secondary N) is 1. The molecular formula is C16H23F2NO2. The second-order valence-corrected chi connectivity index (χ2v) is 5.64. The summed E-state index contributed by atoms with van der Waals surface area (Å²) in [5.74, 6) is -0.686. The van der Waals surface area contributed by atoms with Crippen LogP contribution in [0.4, 0.5) is 14.5 Å². The number of hydrogen-bond acceptors (Lipinski definition) is 2. The van der Waals surface area contributed by atoms with E-state index >= 15 is 0 Å². The molecule has 1 unspecified atom stereocenters. The number of carbonyl (C=O) groups is 1. The first-order valence-electron chi connectivity index (χ1n) is 7.03. The van der Waals surface area contributed by atoms with E-state index in [1.165, 1.54) is 24.3 Å². The predicted molar refractivity (Wildman–Crippen MR) is 79.4 cm³/mol. The molecule has 1 aromatic carbocycles. The third-order valence-corrected chi connectivity index (χ3v) is 3.84. The Balaban J connectivity index is 2.77. The van der Waals surface area contributed by atoms with E-state index < -0.39 is 12.1 Å². The third kappa shape index (κ3) is 5.08. The minimum absolute atomic E-state index is 0.122. The van der Waals surface area contributed by atoms with Gasteiger partial charge in [0.15, 0.2) is 0 Å². The smallest absolute Gasteiger partial charge is 0.230 e. The summed E-state index contributed by atoms with van der Waals surface area (Å²) in [6, 6.07) is 5.57. The maximum absolute atomic E-state index is 12.9. The van der Waals surface area contributed by atoms with Gasteiger partial charge in [-0.05, 0) is 43.0 Å². The SMILES string of the molecule is COCCC(CCF)C(C)(C)C(=O)Nc1ccc(F)cc1. The number of benzene rings is 1. The minimum atomic E-state index is -0.737. The molecule has 0 saturated carbocycles. The van der Waals surface area contributed by atoms with E-state index in [0.717, 1.165) is 0 Å². The van der Waals surface area contributed by atoms with Crippen molar-refractivity contribution in [3.05, 3.63) is 30.1 Å². The lowest BCUT2D eigenvalue weighted by molar-refractivity contribution is -0.127. The number of hydrogen-bond donors (Lipinski definition) is 1. The molecule has 118 valence electrons. The largest absolute Gasteiger partial charge is 0.385 e. The molecule has 0 spiro atoms. The third-order valence-electron chi connectivity index (χ3n) is 3.84. The van der Waals surface area contributed by atoms with Gasteiger partial charge in [-0.3, -0.25) is 9.18 Å². The van der Waals surface area contributed by atoms with E-state index in [0.29, 0.717) is 25.1 Å². The van der Waals surface area contributed by atoms with Crippen molar-refractivity contribution < 1.29 is 18.3 Å². The molecule has 0 aliphatic rings. The van der Waals surface area contributed by atoms with Gasteiger partial charge in [0.05, 0.1) is 6.67 Å². The predicted octanol–water partition coefficient (Wildman–Crippen LogP) is 3.80. The molecule has 1 atom stereocenters. The molecule has 0 fully saturated rings. The van der Waals surface area contributed by atoms with Crippen molar-refractivity contribution in [3.8, 4) is 0 Å². The molecule has 1 rings (SSSR count). The zero-order chi connectivity index (χ0) is 15.9. The number of anilines is 1. The van der Waals surface area contributed by atoms with Gasteiger partial charge in [-0.25, -0.2) is 4.39 Å². The molecule has 0 saturated heterocycles. The highest BCUT2D eigenvalue weighted by Gasteiger charge is 2.36. The van der Waals surface area contributed by atoms with E-state index in [4.69, 9.17) is 4.74 Å². The maximum Gasteiger partial charge on any atom is 0.230 e. The van der Waals surface area contributed by atoms with Gasteiger partial charge in [-0.1, -0.05) is 13.8 Å². The molecule has 0 aliphatic heterocycles. The van der Waals surface area contributed by atoms with Gasteiger partial charge in [0.1, 0.15) is 5.82 Å². The van der Waals surface area contributed by atoms with E-state index in [1.807, 2.05) is 0 Å². The lowest BCUT2D eigenvalue weighted by Crippen LogP contribution is -2.38. The van der Waals surface area contributed by atoms with Gasteiger partial charge < -0.3 is 10.1 Å². The number of alkyl halides is 1. The highest BCUT2D eigenvalue weighted by molar-refractivity contribution is 5.95. The number of carbonyl (C=O) groups excluding carboxylic acids is 1. The second-order valence-electron chi connectivity index (χ2n) is 5.64. The van der Waals surface area contributed by atoms with Crippen molar-refractivity contribution in [1.82, 2.24) is 0 Å². The summed E-state index contributed by atoms with van der Waals surface area (Å²) in [5, 5.41) is 2.76. The summed E-state index contributed by atoms with van der Waals surface area (Å²) >= 11 is 0. The zero-order valence-electron chi connectivity index (χ0n) is 12.8. The standard InChI is InChI=1S/C16H23F2NO2/c1-16(2,12(8-10-17)9-11-21-3)15(20)19-14-6-4-13(18)5-7-14/h4-7,12H,8-11H2,1-3H3,(H,19,20). The van der Waals surface area contributed by atoms with E-state index in [2.05, 4.69) is 5.32 Å². The van der Waals surface area contributed by atoms with Crippen LogP contribution in [0.3, 0.4) is 0 Å². The first-order chi connectivity index (χ1) is 9.91. The van der Waals surface area contributed by atoms with Gasteiger partial charge >= 0.3 is 0 Å². The Morgan fingerprint density at radius 3 is 2.43 bits per heavy atom.